The maximum atomic E-state index is 10.4. The highest BCUT2D eigenvalue weighted by molar-refractivity contribution is 5.66. The van der Waals surface area contributed by atoms with Crippen LogP contribution in [0.5, 0.6) is 0 Å². The van der Waals surface area contributed by atoms with Gasteiger partial charge < -0.3 is 9.84 Å². The number of rotatable bonds is 5. The zero-order chi connectivity index (χ0) is 10.4. The molecule has 0 aliphatic heterocycles. The Kier molecular flexibility index (Phi) is 5.39. The minimum Gasteiger partial charge on any atom is -0.461 e. The first-order chi connectivity index (χ1) is 5.93. The largest absolute Gasteiger partial charge is 0.461 e. The van der Waals surface area contributed by atoms with E-state index >= 15 is 0 Å². The molecule has 0 fully saturated rings. The van der Waals surface area contributed by atoms with Crippen molar-refractivity contribution < 1.29 is 14.6 Å². The van der Waals surface area contributed by atoms with Gasteiger partial charge in [-0.3, -0.25) is 4.79 Å². The van der Waals surface area contributed by atoms with Crippen molar-refractivity contribution in [3.05, 3.63) is 12.2 Å². The van der Waals surface area contributed by atoms with Crippen molar-refractivity contribution in [2.75, 3.05) is 6.61 Å². The third-order valence-corrected chi connectivity index (χ3v) is 1.63. The molecule has 1 atom stereocenters. The minimum atomic E-state index is -0.570. The zero-order valence-electron chi connectivity index (χ0n) is 8.54. The summed E-state index contributed by atoms with van der Waals surface area (Å²) in [6, 6.07) is 0. The maximum absolute atomic E-state index is 10.4. The van der Waals surface area contributed by atoms with Crippen LogP contribution in [0.4, 0.5) is 0 Å². The van der Waals surface area contributed by atoms with Crippen LogP contribution in [0.2, 0.25) is 0 Å². The first-order valence-corrected chi connectivity index (χ1v) is 4.42. The van der Waals surface area contributed by atoms with Gasteiger partial charge in [0.05, 0.1) is 6.10 Å². The molecule has 1 N–H and O–H groups in total. The molecule has 0 aromatic carbocycles. The second kappa shape index (κ2) is 5.75. The number of hydrogen-bond donors (Lipinski definition) is 1. The van der Waals surface area contributed by atoms with E-state index in [-0.39, 0.29) is 12.6 Å². The van der Waals surface area contributed by atoms with Crippen LogP contribution in [0, 0.1) is 5.92 Å². The van der Waals surface area contributed by atoms with Crippen molar-refractivity contribution >= 4 is 5.97 Å². The monoisotopic (exact) mass is 186 g/mol. The van der Waals surface area contributed by atoms with Crippen molar-refractivity contribution in [2.45, 2.75) is 33.3 Å². The second-order valence-electron chi connectivity index (χ2n) is 3.58. The van der Waals surface area contributed by atoms with Gasteiger partial charge in [0.25, 0.3) is 0 Å². The molecule has 0 saturated carbocycles. The lowest BCUT2D eigenvalue weighted by Crippen LogP contribution is -2.17. The molecule has 0 aromatic heterocycles. The fraction of sp³-hybridized carbons (Fsp3) is 0.700. The molecule has 0 aliphatic carbocycles. The van der Waals surface area contributed by atoms with Gasteiger partial charge in [-0.15, -0.1) is 0 Å². The number of aliphatic hydroxyl groups excluding tert-OH is 1. The van der Waals surface area contributed by atoms with Gasteiger partial charge >= 0.3 is 5.97 Å². The first kappa shape index (κ1) is 12.2. The summed E-state index contributed by atoms with van der Waals surface area (Å²) in [6.07, 6.45) is 0.0828. The molecule has 0 aliphatic rings. The average Bonchev–Trinajstić information content (AvgIpc) is 1.98. The highest BCUT2D eigenvalue weighted by atomic mass is 16.5. The molecule has 3 nitrogen and oxygen atoms in total. The summed E-state index contributed by atoms with van der Waals surface area (Å²) < 4.78 is 4.71. The van der Waals surface area contributed by atoms with Crippen LogP contribution >= 0.6 is 0 Å². The highest BCUT2D eigenvalue weighted by Gasteiger charge is 2.11. The lowest BCUT2D eigenvalue weighted by Gasteiger charge is -2.15. The first-order valence-electron chi connectivity index (χ1n) is 4.42. The molecule has 13 heavy (non-hydrogen) atoms. The van der Waals surface area contributed by atoms with E-state index in [9.17, 15) is 9.90 Å². The van der Waals surface area contributed by atoms with Gasteiger partial charge in [-0.2, -0.15) is 0 Å². The molecule has 0 heterocycles. The van der Waals surface area contributed by atoms with Crippen LogP contribution in [0.3, 0.4) is 0 Å². The van der Waals surface area contributed by atoms with Crippen LogP contribution in [0.15, 0.2) is 12.2 Å². The van der Waals surface area contributed by atoms with Gasteiger partial charge in [-0.25, -0.2) is 0 Å². The summed E-state index contributed by atoms with van der Waals surface area (Å²) in [5, 5.41) is 9.51. The minimum absolute atomic E-state index is 0.114. The van der Waals surface area contributed by atoms with Gasteiger partial charge in [0.15, 0.2) is 0 Å². The lowest BCUT2D eigenvalue weighted by molar-refractivity contribution is -0.140. The quantitative estimate of drug-likeness (QED) is 0.523. The normalized spacial score (nSPS) is 12.7. The van der Waals surface area contributed by atoms with E-state index in [0.717, 1.165) is 0 Å². The van der Waals surface area contributed by atoms with E-state index < -0.39 is 6.10 Å². The Bertz CT molecular complexity index is 185. The summed E-state index contributed by atoms with van der Waals surface area (Å²) in [4.78, 5) is 10.4. The summed E-state index contributed by atoms with van der Waals surface area (Å²) in [7, 11) is 0. The fourth-order valence-corrected chi connectivity index (χ4v) is 0.904. The van der Waals surface area contributed by atoms with Gasteiger partial charge in [0.1, 0.15) is 6.61 Å². The fourth-order valence-electron chi connectivity index (χ4n) is 0.904. The number of carbonyl (C=O) groups is 1. The van der Waals surface area contributed by atoms with Gasteiger partial charge in [-0.1, -0.05) is 20.4 Å². The Labute approximate surface area is 79.4 Å². The van der Waals surface area contributed by atoms with E-state index in [1.807, 2.05) is 13.8 Å². The predicted molar refractivity (Wildman–Crippen MR) is 51.2 cm³/mol. The van der Waals surface area contributed by atoms with E-state index in [1.54, 1.807) is 0 Å². The van der Waals surface area contributed by atoms with Gasteiger partial charge in [-0.05, 0) is 17.9 Å². The molecule has 0 bridgehead atoms. The van der Waals surface area contributed by atoms with Crippen LogP contribution in [0.25, 0.3) is 0 Å². The predicted octanol–water partition coefficient (Wildman–Crippen LogP) is 1.51. The van der Waals surface area contributed by atoms with Crippen molar-refractivity contribution in [3.63, 3.8) is 0 Å². The van der Waals surface area contributed by atoms with E-state index in [4.69, 9.17) is 4.74 Å². The van der Waals surface area contributed by atoms with Gasteiger partial charge in [0, 0.05) is 6.92 Å². The molecule has 76 valence electrons. The zero-order valence-corrected chi connectivity index (χ0v) is 8.54. The molecular weight excluding hydrogens is 168 g/mol. The van der Waals surface area contributed by atoms with E-state index in [2.05, 4.69) is 6.58 Å². The lowest BCUT2D eigenvalue weighted by atomic mass is 10.0. The molecule has 0 aromatic rings. The van der Waals surface area contributed by atoms with E-state index in [0.29, 0.717) is 17.9 Å². The second-order valence-corrected chi connectivity index (χ2v) is 3.58. The Hall–Kier alpha value is -0.830. The third-order valence-electron chi connectivity index (χ3n) is 1.63. The third kappa shape index (κ3) is 6.34. The Morgan fingerprint density at radius 1 is 1.54 bits per heavy atom. The molecule has 3 heteroatoms. The summed E-state index contributed by atoms with van der Waals surface area (Å²) in [5.74, 6) is 0.0574. The molecular formula is C10H18O3. The smallest absolute Gasteiger partial charge is 0.302 e. The molecule has 0 rings (SSSR count). The van der Waals surface area contributed by atoms with Crippen molar-refractivity contribution in [2.24, 2.45) is 5.92 Å². The Balaban J connectivity index is 3.76. The van der Waals surface area contributed by atoms with Crippen molar-refractivity contribution in [3.8, 4) is 0 Å². The van der Waals surface area contributed by atoms with Crippen LogP contribution in [0.1, 0.15) is 27.2 Å². The number of carbonyl (C=O) groups excluding carboxylic acids is 1. The highest BCUT2D eigenvalue weighted by Crippen LogP contribution is 2.11. The molecule has 0 spiro atoms. The SMILES string of the molecule is C=C(COC(C)=O)C(O)CC(C)C. The number of hydrogen-bond acceptors (Lipinski definition) is 3. The van der Waals surface area contributed by atoms with Gasteiger partial charge in [0.2, 0.25) is 0 Å². The van der Waals surface area contributed by atoms with Crippen molar-refractivity contribution in [1.82, 2.24) is 0 Å². The van der Waals surface area contributed by atoms with Crippen LogP contribution in [-0.4, -0.2) is 23.8 Å². The van der Waals surface area contributed by atoms with E-state index in [1.165, 1.54) is 6.92 Å². The van der Waals surface area contributed by atoms with Crippen LogP contribution < -0.4 is 0 Å². The Morgan fingerprint density at radius 2 is 2.08 bits per heavy atom. The molecule has 0 radical (unpaired) electrons. The molecule has 0 amide bonds. The topological polar surface area (TPSA) is 46.5 Å². The number of aliphatic hydroxyl groups is 1. The molecule has 0 saturated heterocycles. The molecule has 1 unspecified atom stereocenters. The summed E-state index contributed by atoms with van der Waals surface area (Å²) >= 11 is 0. The van der Waals surface area contributed by atoms with Crippen molar-refractivity contribution in [1.29, 1.82) is 0 Å². The average molecular weight is 186 g/mol. The number of esters is 1. The standard InChI is InChI=1S/C10H18O3/c1-7(2)5-10(12)8(3)6-13-9(4)11/h7,10,12H,3,5-6H2,1-2,4H3. The summed E-state index contributed by atoms with van der Waals surface area (Å²) in [5.41, 5.74) is 0.559. The van der Waals surface area contributed by atoms with Crippen LogP contribution in [-0.2, 0) is 9.53 Å². The summed E-state index contributed by atoms with van der Waals surface area (Å²) in [6.45, 7) is 9.13. The number of ether oxygens (including phenoxy) is 1. The maximum Gasteiger partial charge on any atom is 0.302 e. The Morgan fingerprint density at radius 3 is 2.46 bits per heavy atom.